The van der Waals surface area contributed by atoms with E-state index in [1.807, 2.05) is 47.4 Å². The van der Waals surface area contributed by atoms with Crippen molar-refractivity contribution in [2.45, 2.75) is 83.1 Å². The Labute approximate surface area is 219 Å². The molecule has 3 amide bonds. The van der Waals surface area contributed by atoms with Gasteiger partial charge in [-0.2, -0.15) is 0 Å². The van der Waals surface area contributed by atoms with E-state index in [2.05, 4.69) is 31.3 Å². The van der Waals surface area contributed by atoms with Crippen molar-refractivity contribution in [2.24, 2.45) is 0 Å². The summed E-state index contributed by atoms with van der Waals surface area (Å²) in [7, 11) is 0. The van der Waals surface area contributed by atoms with Gasteiger partial charge in [0.25, 0.3) is 0 Å². The molecular weight excluding hydrogens is 469 g/mol. The Morgan fingerprint density at radius 1 is 0.973 bits per heavy atom. The summed E-state index contributed by atoms with van der Waals surface area (Å²) in [6.07, 6.45) is 1.29. The molecule has 0 radical (unpaired) electrons. The first kappa shape index (κ1) is 26.8. The molecule has 0 aromatic heterocycles. The standard InChI is InChI=1S/C30H38FN3O3/c1-20(2)22-11-13-24(14-12-22)29(23-8-5-4-6-9-23)32-30(37)27-18-25(31)19-34(27)28(36)16-15-26-10-7-17-33(26)21(3)35/h4-6,8-9,11-14,20,25-27,29H,7,10,15-19H2,1-3H3,(H,32,37). The minimum absolute atomic E-state index is 0.00559. The molecule has 6 nitrogen and oxygen atoms in total. The Morgan fingerprint density at radius 2 is 1.62 bits per heavy atom. The van der Waals surface area contributed by atoms with Gasteiger partial charge in [-0.3, -0.25) is 14.4 Å². The third-order valence-corrected chi connectivity index (χ3v) is 7.70. The van der Waals surface area contributed by atoms with Crippen LogP contribution >= 0.6 is 0 Å². The largest absolute Gasteiger partial charge is 0.343 e. The second-order valence-corrected chi connectivity index (χ2v) is 10.6. The summed E-state index contributed by atoms with van der Waals surface area (Å²) in [5.74, 6) is -0.162. The summed E-state index contributed by atoms with van der Waals surface area (Å²) in [5.41, 5.74) is 3.06. The van der Waals surface area contributed by atoms with Crippen LogP contribution in [0.3, 0.4) is 0 Å². The van der Waals surface area contributed by atoms with E-state index in [4.69, 9.17) is 0 Å². The first-order valence-corrected chi connectivity index (χ1v) is 13.4. The van der Waals surface area contributed by atoms with Crippen LogP contribution in [0.1, 0.15) is 81.5 Å². The van der Waals surface area contributed by atoms with Crippen LogP contribution in [-0.4, -0.2) is 58.9 Å². The number of halogens is 1. The zero-order chi connectivity index (χ0) is 26.5. The fraction of sp³-hybridized carbons (Fsp3) is 0.500. The molecule has 2 aromatic rings. The average molecular weight is 508 g/mol. The third-order valence-electron chi connectivity index (χ3n) is 7.70. The van der Waals surface area contributed by atoms with E-state index in [0.29, 0.717) is 18.9 Å². The van der Waals surface area contributed by atoms with E-state index < -0.39 is 18.3 Å². The minimum Gasteiger partial charge on any atom is -0.343 e. The molecule has 0 bridgehead atoms. The van der Waals surface area contributed by atoms with Crippen molar-refractivity contribution in [3.05, 3.63) is 71.3 Å². The summed E-state index contributed by atoms with van der Waals surface area (Å²) >= 11 is 0. The van der Waals surface area contributed by atoms with E-state index >= 15 is 0 Å². The summed E-state index contributed by atoms with van der Waals surface area (Å²) in [6, 6.07) is 16.6. The van der Waals surface area contributed by atoms with Gasteiger partial charge < -0.3 is 15.1 Å². The third kappa shape index (κ3) is 6.38. The van der Waals surface area contributed by atoms with Gasteiger partial charge in [-0.25, -0.2) is 4.39 Å². The predicted octanol–water partition coefficient (Wildman–Crippen LogP) is 4.75. The predicted molar refractivity (Wildman–Crippen MR) is 142 cm³/mol. The molecule has 0 saturated carbocycles. The lowest BCUT2D eigenvalue weighted by Gasteiger charge is -2.28. The SMILES string of the molecule is CC(=O)N1CCCC1CCC(=O)N1CC(F)CC1C(=O)NC(c1ccccc1)c1ccc(C(C)C)cc1. The maximum absolute atomic E-state index is 14.5. The van der Waals surface area contributed by atoms with Gasteiger partial charge in [-0.05, 0) is 41.9 Å². The molecule has 4 unspecified atom stereocenters. The number of benzene rings is 2. The molecule has 7 heteroatoms. The summed E-state index contributed by atoms with van der Waals surface area (Å²) in [5, 5.41) is 3.11. The number of carbonyl (C=O) groups is 3. The van der Waals surface area contributed by atoms with Crippen molar-refractivity contribution in [1.29, 1.82) is 0 Å². The Morgan fingerprint density at radius 3 is 2.27 bits per heavy atom. The Kier molecular flexibility index (Phi) is 8.62. The molecule has 2 aliphatic rings. The number of nitrogens with one attached hydrogen (secondary N) is 1. The van der Waals surface area contributed by atoms with Gasteiger partial charge in [0, 0.05) is 32.4 Å². The molecule has 4 rings (SSSR count). The zero-order valence-corrected chi connectivity index (χ0v) is 22.0. The van der Waals surface area contributed by atoms with Crippen LogP contribution in [0.25, 0.3) is 0 Å². The van der Waals surface area contributed by atoms with Gasteiger partial charge in [0.05, 0.1) is 12.6 Å². The quantitative estimate of drug-likeness (QED) is 0.561. The van der Waals surface area contributed by atoms with E-state index in [9.17, 15) is 18.8 Å². The highest BCUT2D eigenvalue weighted by atomic mass is 19.1. The average Bonchev–Trinajstić information content (AvgIpc) is 3.53. The number of nitrogens with zero attached hydrogens (tertiary/aromatic N) is 2. The van der Waals surface area contributed by atoms with Crippen LogP contribution in [0.2, 0.25) is 0 Å². The van der Waals surface area contributed by atoms with Crippen molar-refractivity contribution in [2.75, 3.05) is 13.1 Å². The molecule has 2 heterocycles. The molecule has 0 aliphatic carbocycles. The highest BCUT2D eigenvalue weighted by molar-refractivity contribution is 5.89. The van der Waals surface area contributed by atoms with Crippen LogP contribution in [-0.2, 0) is 14.4 Å². The first-order valence-electron chi connectivity index (χ1n) is 13.4. The van der Waals surface area contributed by atoms with Crippen LogP contribution in [0.5, 0.6) is 0 Å². The molecule has 2 aromatic carbocycles. The molecule has 37 heavy (non-hydrogen) atoms. The maximum Gasteiger partial charge on any atom is 0.243 e. The topological polar surface area (TPSA) is 69.7 Å². The summed E-state index contributed by atoms with van der Waals surface area (Å²) in [6.45, 7) is 6.46. The zero-order valence-electron chi connectivity index (χ0n) is 22.0. The Hall–Kier alpha value is -3.22. The molecule has 0 spiro atoms. The Bertz CT molecular complexity index is 1090. The fourth-order valence-electron chi connectivity index (χ4n) is 5.61. The van der Waals surface area contributed by atoms with Crippen molar-refractivity contribution < 1.29 is 18.8 Å². The highest BCUT2D eigenvalue weighted by Crippen LogP contribution is 2.28. The van der Waals surface area contributed by atoms with E-state index in [1.54, 1.807) is 6.92 Å². The van der Waals surface area contributed by atoms with Crippen LogP contribution in [0, 0.1) is 0 Å². The molecule has 2 aliphatic heterocycles. The number of hydrogen-bond donors (Lipinski definition) is 1. The lowest BCUT2D eigenvalue weighted by Crippen LogP contribution is -2.47. The van der Waals surface area contributed by atoms with Gasteiger partial charge in [-0.1, -0.05) is 68.4 Å². The second kappa shape index (κ2) is 11.9. The number of carbonyl (C=O) groups excluding carboxylic acids is 3. The number of hydrogen-bond acceptors (Lipinski definition) is 3. The lowest BCUT2D eigenvalue weighted by molar-refractivity contribution is -0.139. The number of rotatable bonds is 8. The van der Waals surface area contributed by atoms with Crippen molar-refractivity contribution >= 4 is 17.7 Å². The molecule has 198 valence electrons. The van der Waals surface area contributed by atoms with Crippen LogP contribution < -0.4 is 5.32 Å². The Balaban J connectivity index is 1.48. The summed E-state index contributed by atoms with van der Waals surface area (Å²) in [4.78, 5) is 41.7. The van der Waals surface area contributed by atoms with Crippen molar-refractivity contribution in [3.63, 3.8) is 0 Å². The normalized spacial score (nSPS) is 22.4. The monoisotopic (exact) mass is 507 g/mol. The van der Waals surface area contributed by atoms with Gasteiger partial charge in [-0.15, -0.1) is 0 Å². The number of likely N-dealkylation sites (tertiary alicyclic amines) is 2. The van der Waals surface area contributed by atoms with Crippen LogP contribution in [0.4, 0.5) is 4.39 Å². The maximum atomic E-state index is 14.5. The molecule has 1 N–H and O–H groups in total. The van der Waals surface area contributed by atoms with E-state index in [-0.39, 0.29) is 43.1 Å². The van der Waals surface area contributed by atoms with Gasteiger partial charge in [0.1, 0.15) is 12.2 Å². The first-order chi connectivity index (χ1) is 17.7. The van der Waals surface area contributed by atoms with Crippen molar-refractivity contribution in [1.82, 2.24) is 15.1 Å². The van der Waals surface area contributed by atoms with Gasteiger partial charge in [0.15, 0.2) is 0 Å². The minimum atomic E-state index is -1.24. The highest BCUT2D eigenvalue weighted by Gasteiger charge is 2.40. The smallest absolute Gasteiger partial charge is 0.243 e. The molecule has 4 atom stereocenters. The van der Waals surface area contributed by atoms with Gasteiger partial charge >= 0.3 is 0 Å². The summed E-state index contributed by atoms with van der Waals surface area (Å²) < 4.78 is 14.5. The number of amides is 3. The molecule has 2 fully saturated rings. The van der Waals surface area contributed by atoms with E-state index in [0.717, 1.165) is 24.0 Å². The fourth-order valence-corrected chi connectivity index (χ4v) is 5.61. The second-order valence-electron chi connectivity index (χ2n) is 10.6. The molecule has 2 saturated heterocycles. The number of alkyl halides is 1. The molecular formula is C30H38FN3O3. The van der Waals surface area contributed by atoms with Crippen molar-refractivity contribution in [3.8, 4) is 0 Å². The van der Waals surface area contributed by atoms with E-state index in [1.165, 1.54) is 10.5 Å². The van der Waals surface area contributed by atoms with Gasteiger partial charge in [0.2, 0.25) is 17.7 Å². The van der Waals surface area contributed by atoms with Crippen LogP contribution in [0.15, 0.2) is 54.6 Å². The lowest BCUT2D eigenvalue weighted by atomic mass is 9.95.